The van der Waals surface area contributed by atoms with Crippen molar-refractivity contribution in [3.05, 3.63) is 48.0 Å². The predicted octanol–water partition coefficient (Wildman–Crippen LogP) is 3.19. The molecule has 0 spiro atoms. The van der Waals surface area contributed by atoms with Gasteiger partial charge in [0.15, 0.2) is 18.1 Å². The van der Waals surface area contributed by atoms with Gasteiger partial charge >= 0.3 is 6.61 Å². The number of benzene rings is 2. The maximum absolute atomic E-state index is 12.1. The fourth-order valence-electron chi connectivity index (χ4n) is 1.92. The van der Waals surface area contributed by atoms with Crippen LogP contribution in [-0.4, -0.2) is 26.2 Å². The highest BCUT2D eigenvalue weighted by molar-refractivity contribution is 5.91. The second-order valence-electron chi connectivity index (χ2n) is 4.72. The van der Waals surface area contributed by atoms with Gasteiger partial charge in [-0.05, 0) is 36.4 Å². The van der Waals surface area contributed by atoms with Gasteiger partial charge in [-0.15, -0.1) is 0 Å². The van der Waals surface area contributed by atoms with Crippen LogP contribution in [0.1, 0.15) is 5.56 Å². The first-order chi connectivity index (χ1) is 12.0. The summed E-state index contributed by atoms with van der Waals surface area (Å²) in [6, 6.07) is 12.0. The normalized spacial score (nSPS) is 10.0. The molecule has 1 amide bonds. The van der Waals surface area contributed by atoms with Crippen LogP contribution in [-0.2, 0) is 4.79 Å². The number of ether oxygens (including phenoxy) is 3. The minimum Gasteiger partial charge on any atom is -0.493 e. The molecule has 0 atom stereocenters. The van der Waals surface area contributed by atoms with Crippen LogP contribution in [0, 0.1) is 11.3 Å². The summed E-state index contributed by atoms with van der Waals surface area (Å²) in [5.74, 6) is 0.193. The van der Waals surface area contributed by atoms with E-state index in [0.717, 1.165) is 0 Å². The van der Waals surface area contributed by atoms with Crippen LogP contribution in [0.5, 0.6) is 17.2 Å². The molecule has 0 saturated carbocycles. The van der Waals surface area contributed by atoms with E-state index in [0.29, 0.717) is 22.7 Å². The molecule has 1 N–H and O–H groups in total. The summed E-state index contributed by atoms with van der Waals surface area (Å²) < 4.78 is 38.8. The second-order valence-corrected chi connectivity index (χ2v) is 4.72. The molecule has 0 unspecified atom stereocenters. The third kappa shape index (κ3) is 5.35. The Bertz CT molecular complexity index is 773. The van der Waals surface area contributed by atoms with Crippen LogP contribution in [0.15, 0.2) is 42.5 Å². The molecule has 2 rings (SSSR count). The van der Waals surface area contributed by atoms with E-state index < -0.39 is 12.5 Å². The zero-order valence-corrected chi connectivity index (χ0v) is 13.2. The number of carbonyl (C=O) groups excluding carboxylic acids is 1. The molecule has 0 aliphatic rings. The fraction of sp³-hybridized carbons (Fsp3) is 0.176. The zero-order valence-electron chi connectivity index (χ0n) is 13.2. The Kier molecular flexibility index (Phi) is 6.12. The number of hydrogen-bond acceptors (Lipinski definition) is 5. The molecule has 0 heterocycles. The highest BCUT2D eigenvalue weighted by atomic mass is 19.3. The van der Waals surface area contributed by atoms with Crippen molar-refractivity contribution in [1.29, 1.82) is 5.26 Å². The number of rotatable bonds is 7. The van der Waals surface area contributed by atoms with Crippen molar-refractivity contribution in [2.45, 2.75) is 6.61 Å². The lowest BCUT2D eigenvalue weighted by Crippen LogP contribution is -2.20. The van der Waals surface area contributed by atoms with E-state index in [4.69, 9.17) is 14.7 Å². The quantitative estimate of drug-likeness (QED) is 0.831. The van der Waals surface area contributed by atoms with Gasteiger partial charge in [0, 0.05) is 11.8 Å². The lowest BCUT2D eigenvalue weighted by atomic mass is 10.2. The van der Waals surface area contributed by atoms with Crippen molar-refractivity contribution in [2.24, 2.45) is 0 Å². The van der Waals surface area contributed by atoms with Crippen molar-refractivity contribution < 1.29 is 27.8 Å². The first-order valence-electron chi connectivity index (χ1n) is 7.07. The smallest absolute Gasteiger partial charge is 0.387 e. The van der Waals surface area contributed by atoms with Crippen LogP contribution >= 0.6 is 0 Å². The summed E-state index contributed by atoms with van der Waals surface area (Å²) >= 11 is 0. The zero-order chi connectivity index (χ0) is 18.2. The molecule has 8 heteroatoms. The van der Waals surface area contributed by atoms with E-state index >= 15 is 0 Å². The van der Waals surface area contributed by atoms with Gasteiger partial charge in [-0.25, -0.2) is 0 Å². The van der Waals surface area contributed by atoms with Crippen molar-refractivity contribution in [1.82, 2.24) is 0 Å². The molecule has 130 valence electrons. The van der Waals surface area contributed by atoms with Crippen molar-refractivity contribution in [3.8, 4) is 23.3 Å². The van der Waals surface area contributed by atoms with Gasteiger partial charge in [-0.3, -0.25) is 4.79 Å². The number of hydrogen-bond donors (Lipinski definition) is 1. The predicted molar refractivity (Wildman–Crippen MR) is 84.9 cm³/mol. The maximum Gasteiger partial charge on any atom is 0.387 e. The maximum atomic E-state index is 12.1. The van der Waals surface area contributed by atoms with Crippen molar-refractivity contribution in [2.75, 3.05) is 19.0 Å². The molecular formula is C17H14F2N2O4. The van der Waals surface area contributed by atoms with Gasteiger partial charge in [-0.2, -0.15) is 14.0 Å². The van der Waals surface area contributed by atoms with E-state index in [2.05, 4.69) is 10.1 Å². The van der Waals surface area contributed by atoms with E-state index in [1.54, 1.807) is 0 Å². The van der Waals surface area contributed by atoms with Crippen LogP contribution in [0.4, 0.5) is 14.5 Å². The van der Waals surface area contributed by atoms with Crippen LogP contribution in [0.2, 0.25) is 0 Å². The Morgan fingerprint density at radius 1 is 1.20 bits per heavy atom. The summed E-state index contributed by atoms with van der Waals surface area (Å²) in [5.41, 5.74) is 0.807. The molecule has 2 aromatic rings. The highest BCUT2D eigenvalue weighted by Gasteiger charge is 2.09. The molecule has 0 aliphatic heterocycles. The lowest BCUT2D eigenvalue weighted by molar-refractivity contribution is -0.118. The molecule has 0 saturated heterocycles. The van der Waals surface area contributed by atoms with E-state index in [1.165, 1.54) is 49.6 Å². The van der Waals surface area contributed by atoms with Gasteiger partial charge in [-0.1, -0.05) is 0 Å². The third-order valence-electron chi connectivity index (χ3n) is 3.01. The third-order valence-corrected chi connectivity index (χ3v) is 3.01. The second kappa shape index (κ2) is 8.49. The fourth-order valence-corrected chi connectivity index (χ4v) is 1.92. The number of anilines is 1. The standard InChI is InChI=1S/C17H14F2N2O4/c1-23-15-8-11(9-20)2-7-14(15)24-10-16(22)21-12-3-5-13(6-4-12)25-17(18)19/h2-8,17H,10H2,1H3,(H,21,22). The number of nitrogens with one attached hydrogen (secondary N) is 1. The summed E-state index contributed by atoms with van der Waals surface area (Å²) in [4.78, 5) is 11.9. The monoisotopic (exact) mass is 348 g/mol. The van der Waals surface area contributed by atoms with E-state index in [9.17, 15) is 13.6 Å². The number of carbonyl (C=O) groups is 1. The average Bonchev–Trinajstić information content (AvgIpc) is 2.61. The van der Waals surface area contributed by atoms with Gasteiger partial charge in [0.2, 0.25) is 0 Å². The number of alkyl halides is 2. The number of halogens is 2. The molecule has 0 aliphatic carbocycles. The molecule has 0 bridgehead atoms. The SMILES string of the molecule is COc1cc(C#N)ccc1OCC(=O)Nc1ccc(OC(F)F)cc1. The van der Waals surface area contributed by atoms with Crippen LogP contribution in [0.3, 0.4) is 0 Å². The van der Waals surface area contributed by atoms with Gasteiger partial charge in [0.05, 0.1) is 18.7 Å². The molecule has 25 heavy (non-hydrogen) atoms. The molecule has 2 aromatic carbocycles. The van der Waals surface area contributed by atoms with Gasteiger partial charge in [0.25, 0.3) is 5.91 Å². The largest absolute Gasteiger partial charge is 0.493 e. The number of nitrogens with zero attached hydrogens (tertiary/aromatic N) is 1. The Balaban J connectivity index is 1.91. The summed E-state index contributed by atoms with van der Waals surface area (Å²) in [6.45, 7) is -3.20. The Hall–Kier alpha value is -3.34. The number of nitriles is 1. The molecular weight excluding hydrogens is 334 g/mol. The first-order valence-corrected chi connectivity index (χ1v) is 7.07. The van der Waals surface area contributed by atoms with Crippen LogP contribution < -0.4 is 19.5 Å². The Morgan fingerprint density at radius 2 is 1.92 bits per heavy atom. The van der Waals surface area contributed by atoms with E-state index in [-0.39, 0.29) is 12.4 Å². The molecule has 0 fully saturated rings. The van der Waals surface area contributed by atoms with Gasteiger partial charge in [0.1, 0.15) is 5.75 Å². The minimum absolute atomic E-state index is 0.00781. The average molecular weight is 348 g/mol. The lowest BCUT2D eigenvalue weighted by Gasteiger charge is -2.11. The van der Waals surface area contributed by atoms with Gasteiger partial charge < -0.3 is 19.5 Å². The minimum atomic E-state index is -2.91. The molecule has 6 nitrogen and oxygen atoms in total. The van der Waals surface area contributed by atoms with Crippen molar-refractivity contribution in [3.63, 3.8) is 0 Å². The topological polar surface area (TPSA) is 80.6 Å². The summed E-state index contributed by atoms with van der Waals surface area (Å²) in [6.07, 6.45) is 0. The molecule has 0 radical (unpaired) electrons. The van der Waals surface area contributed by atoms with Crippen molar-refractivity contribution >= 4 is 11.6 Å². The Morgan fingerprint density at radius 3 is 2.52 bits per heavy atom. The van der Waals surface area contributed by atoms with Crippen LogP contribution in [0.25, 0.3) is 0 Å². The molecule has 0 aromatic heterocycles. The first kappa shape index (κ1) is 18.0. The summed E-state index contributed by atoms with van der Waals surface area (Å²) in [5, 5.41) is 11.4. The summed E-state index contributed by atoms with van der Waals surface area (Å²) in [7, 11) is 1.42. The number of methoxy groups -OCH3 is 1. The van der Waals surface area contributed by atoms with E-state index in [1.807, 2.05) is 6.07 Å². The Labute approximate surface area is 142 Å². The highest BCUT2D eigenvalue weighted by Crippen LogP contribution is 2.27. The number of amides is 1.